The molecule has 1 nitrogen and oxygen atoms in total. The van der Waals surface area contributed by atoms with Crippen molar-refractivity contribution in [3.8, 4) is 6.07 Å². The highest BCUT2D eigenvalue weighted by Crippen LogP contribution is 2.59. The van der Waals surface area contributed by atoms with Crippen LogP contribution in [-0.2, 0) is 0 Å². The Kier molecular flexibility index (Phi) is 2.05. The van der Waals surface area contributed by atoms with Crippen LogP contribution in [0.3, 0.4) is 0 Å². The molecule has 0 aromatic heterocycles. The van der Waals surface area contributed by atoms with Gasteiger partial charge in [0.2, 0.25) is 0 Å². The monoisotopic (exact) mass is 235 g/mol. The quantitative estimate of drug-likeness (QED) is 0.592. The molecule has 1 rings (SSSR count). The molecule has 0 bridgehead atoms. The third-order valence-corrected chi connectivity index (χ3v) is 2.14. The van der Waals surface area contributed by atoms with Crippen LogP contribution in [0.4, 0.5) is 26.3 Å². The minimum absolute atomic E-state index is 0.553. The Morgan fingerprint density at radius 1 is 1.00 bits per heavy atom. The van der Waals surface area contributed by atoms with E-state index in [4.69, 9.17) is 5.26 Å². The third kappa shape index (κ3) is 0.919. The summed E-state index contributed by atoms with van der Waals surface area (Å²) in [4.78, 5) is 0. The van der Waals surface area contributed by atoms with Gasteiger partial charge in [0.15, 0.2) is 0 Å². The van der Waals surface area contributed by atoms with E-state index in [-0.39, 0.29) is 0 Å². The summed E-state index contributed by atoms with van der Waals surface area (Å²) in [6.07, 6.45) is 0. The van der Waals surface area contributed by atoms with Crippen molar-refractivity contribution in [2.75, 3.05) is 0 Å². The zero-order valence-corrected chi connectivity index (χ0v) is 6.85. The van der Waals surface area contributed by atoms with Gasteiger partial charge in [-0.05, 0) is 0 Å². The first-order valence-corrected chi connectivity index (χ1v) is 3.42. The molecule has 14 heavy (non-hydrogen) atoms. The molecule has 0 spiro atoms. The van der Waals surface area contributed by atoms with Gasteiger partial charge in [-0.3, -0.25) is 0 Å². The third-order valence-electron chi connectivity index (χ3n) is 1.71. The van der Waals surface area contributed by atoms with Crippen molar-refractivity contribution in [2.45, 2.75) is 17.8 Å². The zero-order valence-electron chi connectivity index (χ0n) is 6.09. The number of alkyl halides is 6. The number of nitriles is 1. The van der Waals surface area contributed by atoms with E-state index in [1.165, 1.54) is 0 Å². The van der Waals surface area contributed by atoms with Crippen molar-refractivity contribution in [2.24, 2.45) is 0 Å². The van der Waals surface area contributed by atoms with Crippen LogP contribution in [0.2, 0.25) is 0 Å². The Balaban J connectivity index is 3.49. The second-order valence-corrected chi connectivity index (χ2v) is 2.90. The van der Waals surface area contributed by atoms with Crippen LogP contribution in [0.15, 0.2) is 10.6 Å². The molecule has 0 atom stereocenters. The molecule has 0 aromatic rings. The summed E-state index contributed by atoms with van der Waals surface area (Å²) >= 11 is 4.59. The first-order chi connectivity index (χ1) is 6.10. The molecule has 0 unspecified atom stereocenters. The van der Waals surface area contributed by atoms with Crippen molar-refractivity contribution >= 4 is 11.6 Å². The summed E-state index contributed by atoms with van der Waals surface area (Å²) in [5, 5.41) is 5.90. The van der Waals surface area contributed by atoms with Crippen molar-refractivity contribution < 1.29 is 26.3 Å². The highest BCUT2D eigenvalue weighted by molar-refractivity contribution is 6.31. The average molecular weight is 236 g/mol. The van der Waals surface area contributed by atoms with Crippen molar-refractivity contribution in [3.63, 3.8) is 0 Å². The van der Waals surface area contributed by atoms with E-state index < -0.39 is 28.4 Å². The summed E-state index contributed by atoms with van der Waals surface area (Å²) in [7, 11) is 0. The van der Waals surface area contributed by atoms with Gasteiger partial charge in [0.25, 0.3) is 0 Å². The van der Waals surface area contributed by atoms with Gasteiger partial charge in [-0.2, -0.15) is 31.6 Å². The van der Waals surface area contributed by atoms with Gasteiger partial charge in [0, 0.05) is 0 Å². The van der Waals surface area contributed by atoms with Crippen molar-refractivity contribution in [3.05, 3.63) is 10.6 Å². The maximum atomic E-state index is 12.5. The first-order valence-electron chi connectivity index (χ1n) is 3.05. The summed E-state index contributed by atoms with van der Waals surface area (Å²) in [6.45, 7) is 0. The number of nitrogens with zero attached hydrogens (tertiary/aromatic N) is 1. The summed E-state index contributed by atoms with van der Waals surface area (Å²) in [6, 6.07) is 0.553. The van der Waals surface area contributed by atoms with E-state index >= 15 is 0 Å². The highest BCUT2D eigenvalue weighted by Gasteiger charge is 2.80. The Morgan fingerprint density at radius 2 is 1.43 bits per heavy atom. The lowest BCUT2D eigenvalue weighted by molar-refractivity contribution is -0.262. The highest BCUT2D eigenvalue weighted by atomic mass is 35.5. The minimum atomic E-state index is -5.66. The molecule has 0 N–H and O–H groups in total. The molecule has 0 heterocycles. The number of hydrogen-bond acceptors (Lipinski definition) is 1. The van der Waals surface area contributed by atoms with E-state index in [1.807, 2.05) is 0 Å². The summed E-state index contributed by atoms with van der Waals surface area (Å²) in [5.74, 6) is -16.1. The lowest BCUT2D eigenvalue weighted by atomic mass is 10.1. The number of halogens is 7. The molecular formula is C6ClF6N. The smallest absolute Gasteiger partial charge is 0.193 e. The molecule has 1 aliphatic rings. The van der Waals surface area contributed by atoms with Crippen LogP contribution in [0.25, 0.3) is 0 Å². The molecule has 0 aromatic carbocycles. The fourth-order valence-electron chi connectivity index (χ4n) is 0.906. The van der Waals surface area contributed by atoms with Gasteiger partial charge < -0.3 is 0 Å². The maximum Gasteiger partial charge on any atom is 0.382 e. The Labute approximate surface area is 78.6 Å². The molecule has 78 valence electrons. The molecule has 0 amide bonds. The van der Waals surface area contributed by atoms with Crippen LogP contribution < -0.4 is 0 Å². The minimum Gasteiger partial charge on any atom is -0.193 e. The topological polar surface area (TPSA) is 23.8 Å². The van der Waals surface area contributed by atoms with Gasteiger partial charge in [-0.1, -0.05) is 11.6 Å². The molecule has 0 saturated carbocycles. The molecule has 0 aliphatic heterocycles. The Morgan fingerprint density at radius 3 is 1.57 bits per heavy atom. The van der Waals surface area contributed by atoms with E-state index in [0.29, 0.717) is 6.07 Å². The lowest BCUT2D eigenvalue weighted by Crippen LogP contribution is -2.48. The van der Waals surface area contributed by atoms with Gasteiger partial charge in [0.1, 0.15) is 16.7 Å². The van der Waals surface area contributed by atoms with Crippen LogP contribution in [0.5, 0.6) is 0 Å². The number of hydrogen-bond donors (Lipinski definition) is 0. The predicted octanol–water partition coefficient (Wildman–Crippen LogP) is 2.92. The predicted molar refractivity (Wildman–Crippen MR) is 33.3 cm³/mol. The number of allylic oxidation sites excluding steroid dienone is 2. The zero-order chi connectivity index (χ0) is 11.4. The average Bonchev–Trinajstić information content (AvgIpc) is 2.10. The molecular weight excluding hydrogens is 236 g/mol. The molecule has 0 saturated heterocycles. The maximum absolute atomic E-state index is 12.5. The van der Waals surface area contributed by atoms with Crippen LogP contribution in [0.1, 0.15) is 0 Å². The second-order valence-electron chi connectivity index (χ2n) is 2.52. The normalized spacial score (nSPS) is 27.6. The van der Waals surface area contributed by atoms with Crippen molar-refractivity contribution in [1.82, 2.24) is 0 Å². The fraction of sp³-hybridized carbons (Fsp3) is 0.500. The second kappa shape index (κ2) is 2.57. The first kappa shape index (κ1) is 11.2. The summed E-state index contributed by atoms with van der Waals surface area (Å²) < 4.78 is 74.9. The van der Waals surface area contributed by atoms with Gasteiger partial charge >= 0.3 is 17.8 Å². The van der Waals surface area contributed by atoms with E-state index in [1.54, 1.807) is 0 Å². The molecule has 8 heteroatoms. The van der Waals surface area contributed by atoms with Gasteiger partial charge in [-0.15, -0.1) is 0 Å². The molecule has 1 aliphatic carbocycles. The van der Waals surface area contributed by atoms with E-state index in [9.17, 15) is 26.3 Å². The van der Waals surface area contributed by atoms with Gasteiger partial charge in [-0.25, -0.2) is 0 Å². The Bertz CT molecular complexity index is 352. The van der Waals surface area contributed by atoms with Gasteiger partial charge in [0.05, 0.1) is 0 Å². The molecule has 0 fully saturated rings. The summed E-state index contributed by atoms with van der Waals surface area (Å²) in [5.41, 5.74) is -2.09. The van der Waals surface area contributed by atoms with E-state index in [2.05, 4.69) is 11.6 Å². The Hall–Kier alpha value is -0.900. The lowest BCUT2D eigenvalue weighted by Gasteiger charge is -2.23. The number of rotatable bonds is 0. The van der Waals surface area contributed by atoms with Crippen molar-refractivity contribution in [1.29, 1.82) is 5.26 Å². The van der Waals surface area contributed by atoms with E-state index in [0.717, 1.165) is 0 Å². The van der Waals surface area contributed by atoms with Crippen LogP contribution in [-0.4, -0.2) is 17.8 Å². The molecule has 0 radical (unpaired) electrons. The van der Waals surface area contributed by atoms with Crippen LogP contribution in [0, 0.1) is 11.3 Å². The SMILES string of the molecule is N#CC1=C(Cl)C(F)(F)C(F)(F)C1(F)F. The largest absolute Gasteiger partial charge is 0.382 e. The fourth-order valence-corrected chi connectivity index (χ4v) is 1.19. The standard InChI is InChI=1S/C6ClF6N/c7-3-2(1-14)4(8,9)6(12,13)5(3,10)11. The van der Waals surface area contributed by atoms with Crippen LogP contribution >= 0.6 is 11.6 Å².